The van der Waals surface area contributed by atoms with Crippen molar-refractivity contribution in [2.24, 2.45) is 0 Å². The minimum absolute atomic E-state index is 0.00708. The van der Waals surface area contributed by atoms with E-state index >= 15 is 0 Å². The molecule has 0 fully saturated rings. The molecule has 0 saturated heterocycles. The summed E-state index contributed by atoms with van der Waals surface area (Å²) in [4.78, 5) is 44.3. The lowest BCUT2D eigenvalue weighted by molar-refractivity contribution is 0.101. The Kier molecular flexibility index (Phi) is 11.6. The number of carbonyl (C=O) groups is 1. The number of fused-ring (bicyclic) bond motifs is 1. The van der Waals surface area contributed by atoms with Crippen molar-refractivity contribution in [3.05, 3.63) is 128 Å². The number of nitrogens with zero attached hydrogens (tertiary/aromatic N) is 5. The summed E-state index contributed by atoms with van der Waals surface area (Å²) in [5, 5.41) is 8.32. The van der Waals surface area contributed by atoms with Crippen molar-refractivity contribution in [3.8, 4) is 22.5 Å². The number of Topliss-reactive ketones (excluding diaryl/α,β-unsaturated/α-hetero) is 1. The lowest BCUT2D eigenvalue weighted by Crippen LogP contribution is -2.30. The van der Waals surface area contributed by atoms with Crippen molar-refractivity contribution < 1.29 is 9.32 Å². The first-order valence-electron chi connectivity index (χ1n) is 15.2. The predicted octanol–water partition coefficient (Wildman–Crippen LogP) is 6.27. The Bertz CT molecular complexity index is 2020. The maximum Gasteiger partial charge on any atom is 0.439 e. The maximum atomic E-state index is 14.0. The number of hydrogen-bond donors (Lipinski definition) is 2. The third-order valence-electron chi connectivity index (χ3n) is 7.33. The monoisotopic (exact) mass is 638 g/mol. The molecular formula is C35H38N6O4S. The Balaban J connectivity index is 0.00000116. The van der Waals surface area contributed by atoms with Gasteiger partial charge in [0.25, 0.3) is 5.56 Å². The number of nitrogens with one attached hydrogen (secondary N) is 1. The van der Waals surface area contributed by atoms with E-state index in [1.165, 1.54) is 13.3 Å². The van der Waals surface area contributed by atoms with Crippen LogP contribution in [0.3, 0.4) is 0 Å². The van der Waals surface area contributed by atoms with Crippen molar-refractivity contribution >= 4 is 24.2 Å². The van der Waals surface area contributed by atoms with Gasteiger partial charge in [-0.05, 0) is 41.9 Å². The van der Waals surface area contributed by atoms with Gasteiger partial charge in [0.05, 0.1) is 12.2 Å². The van der Waals surface area contributed by atoms with Gasteiger partial charge in [-0.2, -0.15) is 22.7 Å². The summed E-state index contributed by atoms with van der Waals surface area (Å²) in [6, 6.07) is 22.9. The number of aromatic amines is 1. The standard InChI is InChI=1S/C32H28N6O4.C2H6.CH4S/c1-3-6-28-27(30(40)37(31-33-19-34-38(28)31)18-22-11-13-23(14-12-22)20(2)39)17-21-9-15-24(16-10-21)25-7-4-5-8-26(25)29-35-32(41)42-36-29;2*1-2/h4-5,7-16,19H,3,6,17-18H2,1-2H3,(H,35,36,41);1-2H3;2H,1H3. The molecule has 10 nitrogen and oxygen atoms in total. The van der Waals surface area contributed by atoms with E-state index in [0.717, 1.165) is 39.9 Å². The number of ketones is 1. The van der Waals surface area contributed by atoms with Crippen molar-refractivity contribution in [2.45, 2.75) is 53.5 Å². The molecule has 0 atom stereocenters. The molecule has 0 aliphatic rings. The Morgan fingerprint density at radius 2 is 1.57 bits per heavy atom. The van der Waals surface area contributed by atoms with E-state index in [1.807, 2.05) is 74.5 Å². The second kappa shape index (κ2) is 15.8. The number of aromatic nitrogens is 6. The van der Waals surface area contributed by atoms with Gasteiger partial charge in [-0.25, -0.2) is 9.31 Å². The molecular weight excluding hydrogens is 600 g/mol. The highest BCUT2D eigenvalue weighted by Crippen LogP contribution is 2.30. The first-order valence-corrected chi connectivity index (χ1v) is 16.1. The van der Waals surface area contributed by atoms with Crippen molar-refractivity contribution in [1.82, 2.24) is 29.3 Å². The zero-order valence-electron chi connectivity index (χ0n) is 26.7. The van der Waals surface area contributed by atoms with Crippen LogP contribution in [0.4, 0.5) is 0 Å². The molecule has 6 aromatic rings. The van der Waals surface area contributed by atoms with Gasteiger partial charge in [0.15, 0.2) is 11.6 Å². The molecule has 0 radical (unpaired) electrons. The quantitative estimate of drug-likeness (QED) is 0.141. The molecule has 3 aromatic carbocycles. The molecule has 0 amide bonds. The lowest BCUT2D eigenvalue weighted by Gasteiger charge is -2.16. The van der Waals surface area contributed by atoms with E-state index in [1.54, 1.807) is 27.5 Å². The van der Waals surface area contributed by atoms with Crippen LogP contribution in [0.2, 0.25) is 0 Å². The van der Waals surface area contributed by atoms with Gasteiger partial charge < -0.3 is 0 Å². The molecule has 3 aromatic heterocycles. The molecule has 46 heavy (non-hydrogen) atoms. The highest BCUT2D eigenvalue weighted by Gasteiger charge is 2.19. The van der Waals surface area contributed by atoms with Crippen LogP contribution in [-0.4, -0.2) is 41.3 Å². The number of hydrogen-bond acceptors (Lipinski definition) is 8. The molecule has 0 aliphatic heterocycles. The summed E-state index contributed by atoms with van der Waals surface area (Å²) in [7, 11) is 0. The second-order valence-corrected chi connectivity index (χ2v) is 10.2. The third-order valence-corrected chi connectivity index (χ3v) is 7.33. The van der Waals surface area contributed by atoms with Gasteiger partial charge in [-0.1, -0.05) is 105 Å². The largest absolute Gasteiger partial charge is 0.439 e. The van der Waals surface area contributed by atoms with Crippen molar-refractivity contribution in [3.63, 3.8) is 0 Å². The molecule has 6 rings (SSSR count). The van der Waals surface area contributed by atoms with Crippen LogP contribution >= 0.6 is 12.6 Å². The lowest BCUT2D eigenvalue weighted by atomic mass is 9.96. The Morgan fingerprint density at radius 1 is 0.913 bits per heavy atom. The van der Waals surface area contributed by atoms with Gasteiger partial charge >= 0.3 is 5.76 Å². The molecule has 0 saturated carbocycles. The molecule has 1 N–H and O–H groups in total. The zero-order valence-corrected chi connectivity index (χ0v) is 27.5. The van der Waals surface area contributed by atoms with Gasteiger partial charge in [0.1, 0.15) is 6.33 Å². The van der Waals surface area contributed by atoms with E-state index < -0.39 is 5.76 Å². The summed E-state index contributed by atoms with van der Waals surface area (Å²) in [5.41, 5.74) is 6.46. The van der Waals surface area contributed by atoms with Crippen LogP contribution in [-0.2, 0) is 19.4 Å². The number of carbonyl (C=O) groups excluding carboxylic acids is 1. The van der Waals surface area contributed by atoms with Crippen molar-refractivity contribution in [2.75, 3.05) is 6.26 Å². The van der Waals surface area contributed by atoms with Crippen LogP contribution < -0.4 is 11.3 Å². The number of H-pyrrole nitrogens is 1. The van der Waals surface area contributed by atoms with Crippen LogP contribution in [0.5, 0.6) is 0 Å². The maximum absolute atomic E-state index is 14.0. The number of rotatable bonds is 9. The Morgan fingerprint density at radius 3 is 2.17 bits per heavy atom. The van der Waals surface area contributed by atoms with Crippen molar-refractivity contribution in [1.29, 1.82) is 0 Å². The molecule has 0 spiro atoms. The molecule has 3 heterocycles. The molecule has 0 aliphatic carbocycles. The van der Waals surface area contributed by atoms with Gasteiger partial charge in [-0.15, -0.1) is 0 Å². The Hall–Kier alpha value is -5.03. The second-order valence-electron chi connectivity index (χ2n) is 10.2. The number of benzene rings is 3. The minimum atomic E-state index is -0.610. The highest BCUT2D eigenvalue weighted by atomic mass is 32.1. The molecule has 0 unspecified atom stereocenters. The summed E-state index contributed by atoms with van der Waals surface area (Å²) in [5.74, 6) is 0.232. The average Bonchev–Trinajstić information content (AvgIpc) is 3.76. The Labute approximate surface area is 272 Å². The number of aryl methyl sites for hydroxylation is 1. The zero-order chi connectivity index (χ0) is 33.2. The topological polar surface area (TPSA) is 128 Å². The summed E-state index contributed by atoms with van der Waals surface area (Å²) < 4.78 is 8.12. The molecule has 0 bridgehead atoms. The highest BCUT2D eigenvalue weighted by molar-refractivity contribution is 7.79. The molecule has 238 valence electrons. The van der Waals surface area contributed by atoms with Gasteiger partial charge in [0.2, 0.25) is 5.78 Å². The van der Waals surface area contributed by atoms with Gasteiger partial charge in [-0.3, -0.25) is 23.7 Å². The van der Waals surface area contributed by atoms with Crippen LogP contribution in [0, 0.1) is 0 Å². The molecule has 11 heteroatoms. The fourth-order valence-corrected chi connectivity index (χ4v) is 5.25. The van der Waals surface area contributed by atoms with E-state index in [0.29, 0.717) is 42.1 Å². The fraction of sp³-hybridized carbons (Fsp3) is 0.257. The summed E-state index contributed by atoms with van der Waals surface area (Å²) >= 11 is 3.53. The first-order chi connectivity index (χ1) is 22.4. The van der Waals surface area contributed by atoms with Crippen LogP contribution in [0.15, 0.2) is 93.2 Å². The van der Waals surface area contributed by atoms with Gasteiger partial charge in [0, 0.05) is 23.1 Å². The average molecular weight is 639 g/mol. The minimum Gasteiger partial charge on any atom is -0.296 e. The summed E-state index contributed by atoms with van der Waals surface area (Å²) in [6.07, 6.45) is 5.12. The SMILES string of the molecule is CC.CCCc1c(Cc2ccc(-c3ccccc3-c3noc(=O)[nH]3)cc2)c(=O)n(Cc2ccc(C(C)=O)cc2)c2ncnn12.CS. The predicted molar refractivity (Wildman–Crippen MR) is 184 cm³/mol. The number of thiol groups is 1. The van der Waals surface area contributed by atoms with E-state index in [-0.39, 0.29) is 11.3 Å². The van der Waals surface area contributed by atoms with E-state index in [9.17, 15) is 14.4 Å². The first kappa shape index (κ1) is 33.9. The summed E-state index contributed by atoms with van der Waals surface area (Å²) in [6.45, 7) is 7.91. The van der Waals surface area contributed by atoms with E-state index in [2.05, 4.69) is 39.8 Å². The normalized spacial score (nSPS) is 10.6. The van der Waals surface area contributed by atoms with Crippen LogP contribution in [0.1, 0.15) is 66.9 Å². The fourth-order valence-electron chi connectivity index (χ4n) is 5.25. The van der Waals surface area contributed by atoms with Crippen LogP contribution in [0.25, 0.3) is 28.3 Å². The third kappa shape index (κ3) is 7.26. The smallest absolute Gasteiger partial charge is 0.296 e. The van der Waals surface area contributed by atoms with E-state index in [4.69, 9.17) is 4.52 Å².